The minimum Gasteiger partial charge on any atom is -0.377 e. The molecule has 6 heteroatoms. The lowest BCUT2D eigenvalue weighted by Gasteiger charge is -2.40. The fourth-order valence-corrected chi connectivity index (χ4v) is 5.81. The second kappa shape index (κ2) is 11.4. The monoisotopic (exact) mass is 407 g/mol. The maximum atomic E-state index is 6.19. The van der Waals surface area contributed by atoms with Crippen molar-refractivity contribution in [1.29, 1.82) is 0 Å². The fraction of sp³-hybridized carbons (Fsp3) is 1.00. The summed E-state index contributed by atoms with van der Waals surface area (Å²) in [6.07, 6.45) is 11.4. The molecule has 4 rings (SSSR count). The van der Waals surface area contributed by atoms with E-state index in [9.17, 15) is 0 Å². The Bertz CT molecular complexity index is 448. The molecule has 2 saturated heterocycles. The molecule has 0 aromatic carbocycles. The smallest absolute Gasteiger partial charge is 0.112 e. The molecule has 168 valence electrons. The quantitative estimate of drug-likeness (QED) is 0.516. The second-order valence-electron chi connectivity index (χ2n) is 10.1. The van der Waals surface area contributed by atoms with Crippen molar-refractivity contribution in [3.63, 3.8) is 0 Å². The van der Waals surface area contributed by atoms with Crippen molar-refractivity contribution in [1.82, 2.24) is 26.2 Å². The zero-order valence-corrected chi connectivity index (χ0v) is 18.6. The third-order valence-corrected chi connectivity index (χ3v) is 7.94. The van der Waals surface area contributed by atoms with Gasteiger partial charge in [0.25, 0.3) is 0 Å². The van der Waals surface area contributed by atoms with Crippen molar-refractivity contribution >= 4 is 0 Å². The van der Waals surface area contributed by atoms with Gasteiger partial charge in [0.15, 0.2) is 0 Å². The van der Waals surface area contributed by atoms with Gasteiger partial charge >= 0.3 is 0 Å². The molecule has 0 atom stereocenters. The van der Waals surface area contributed by atoms with Crippen LogP contribution in [0.1, 0.15) is 58.3 Å². The topological polar surface area (TPSA) is 60.6 Å². The molecule has 4 fully saturated rings. The second-order valence-corrected chi connectivity index (χ2v) is 10.1. The molecular weight excluding hydrogens is 362 g/mol. The molecule has 0 unspecified atom stereocenters. The Kier molecular flexibility index (Phi) is 8.64. The summed E-state index contributed by atoms with van der Waals surface area (Å²) in [6.45, 7) is 11.3. The van der Waals surface area contributed by atoms with Crippen LogP contribution in [0, 0.1) is 17.8 Å². The number of hydrogen-bond acceptors (Lipinski definition) is 6. The van der Waals surface area contributed by atoms with E-state index in [0.717, 1.165) is 44.0 Å². The lowest BCUT2D eigenvalue weighted by Crippen LogP contribution is -2.63. The van der Waals surface area contributed by atoms with E-state index >= 15 is 0 Å². The van der Waals surface area contributed by atoms with Gasteiger partial charge in [-0.3, -0.25) is 20.9 Å². The number of piperazine rings is 1. The molecule has 4 N–H and O–H groups in total. The first-order chi connectivity index (χ1) is 14.3. The van der Waals surface area contributed by atoms with Crippen molar-refractivity contribution in [2.75, 3.05) is 52.4 Å². The summed E-state index contributed by atoms with van der Waals surface area (Å²) in [5.41, 5.74) is 0. The van der Waals surface area contributed by atoms with Crippen LogP contribution < -0.4 is 21.3 Å². The van der Waals surface area contributed by atoms with Crippen LogP contribution in [0.2, 0.25) is 0 Å². The highest BCUT2D eigenvalue weighted by Crippen LogP contribution is 2.33. The molecule has 2 aliphatic carbocycles. The highest BCUT2D eigenvalue weighted by atomic mass is 16.5. The fourth-order valence-electron chi connectivity index (χ4n) is 5.81. The zero-order chi connectivity index (χ0) is 19.9. The highest BCUT2D eigenvalue weighted by molar-refractivity contribution is 4.86. The number of nitrogens with zero attached hydrogens (tertiary/aromatic N) is 1. The van der Waals surface area contributed by atoms with Crippen LogP contribution >= 0.6 is 0 Å². The SMILES string of the molecule is CC1CCC(C2CNC(NC3CCC(OCCN4CCNCC4)CC3)NC2)CC1. The maximum Gasteiger partial charge on any atom is 0.112 e. The van der Waals surface area contributed by atoms with E-state index in [0.29, 0.717) is 18.4 Å². The van der Waals surface area contributed by atoms with E-state index in [4.69, 9.17) is 4.74 Å². The third-order valence-electron chi connectivity index (χ3n) is 7.94. The molecule has 0 spiro atoms. The van der Waals surface area contributed by atoms with Gasteiger partial charge in [0.1, 0.15) is 6.29 Å². The van der Waals surface area contributed by atoms with Crippen molar-refractivity contribution in [2.45, 2.75) is 76.7 Å². The summed E-state index contributed by atoms with van der Waals surface area (Å²) < 4.78 is 6.19. The van der Waals surface area contributed by atoms with E-state index in [1.165, 1.54) is 77.5 Å². The molecule has 6 nitrogen and oxygen atoms in total. The molecule has 4 aliphatic rings. The summed E-state index contributed by atoms with van der Waals surface area (Å²) >= 11 is 0. The predicted octanol–water partition coefficient (Wildman–Crippen LogP) is 1.73. The van der Waals surface area contributed by atoms with Gasteiger partial charge in [0.05, 0.1) is 12.7 Å². The van der Waals surface area contributed by atoms with Crippen LogP contribution in [0.25, 0.3) is 0 Å². The molecule has 29 heavy (non-hydrogen) atoms. The lowest BCUT2D eigenvalue weighted by molar-refractivity contribution is 0.00789. The average molecular weight is 408 g/mol. The van der Waals surface area contributed by atoms with Crippen molar-refractivity contribution in [2.24, 2.45) is 17.8 Å². The molecule has 0 aromatic heterocycles. The first kappa shape index (κ1) is 22.0. The van der Waals surface area contributed by atoms with E-state index in [1.807, 2.05) is 0 Å². The van der Waals surface area contributed by atoms with Crippen molar-refractivity contribution in [3.05, 3.63) is 0 Å². The number of nitrogens with one attached hydrogen (secondary N) is 4. The number of ether oxygens (including phenoxy) is 1. The summed E-state index contributed by atoms with van der Waals surface area (Å²) in [6, 6.07) is 0.625. The van der Waals surface area contributed by atoms with Gasteiger partial charge in [-0.15, -0.1) is 0 Å². The summed E-state index contributed by atoms with van der Waals surface area (Å²) in [7, 11) is 0. The van der Waals surface area contributed by atoms with E-state index in [1.54, 1.807) is 0 Å². The Hall–Kier alpha value is -0.240. The Morgan fingerprint density at radius 1 is 0.862 bits per heavy atom. The summed E-state index contributed by atoms with van der Waals surface area (Å²) in [4.78, 5) is 2.52. The maximum absolute atomic E-state index is 6.19. The van der Waals surface area contributed by atoms with Crippen LogP contribution in [-0.2, 0) is 4.74 Å². The number of hydrogen-bond donors (Lipinski definition) is 4. The molecule has 0 bridgehead atoms. The molecule has 2 heterocycles. The van der Waals surface area contributed by atoms with Crippen LogP contribution in [0.5, 0.6) is 0 Å². The van der Waals surface area contributed by atoms with Gasteiger partial charge in [0, 0.05) is 51.9 Å². The molecule has 0 aromatic rings. The number of rotatable bonds is 7. The van der Waals surface area contributed by atoms with Crippen LogP contribution in [0.15, 0.2) is 0 Å². The van der Waals surface area contributed by atoms with Gasteiger partial charge < -0.3 is 10.1 Å². The van der Waals surface area contributed by atoms with Crippen molar-refractivity contribution < 1.29 is 4.74 Å². The van der Waals surface area contributed by atoms with Gasteiger partial charge in [0.2, 0.25) is 0 Å². The van der Waals surface area contributed by atoms with E-state index in [2.05, 4.69) is 33.1 Å². The average Bonchev–Trinajstić information content (AvgIpc) is 2.77. The van der Waals surface area contributed by atoms with Gasteiger partial charge in [-0.1, -0.05) is 19.8 Å². The van der Waals surface area contributed by atoms with Gasteiger partial charge in [-0.2, -0.15) is 0 Å². The Labute approximate surface area is 178 Å². The zero-order valence-electron chi connectivity index (χ0n) is 18.6. The Balaban J connectivity index is 1.06. The molecule has 2 saturated carbocycles. The summed E-state index contributed by atoms with van der Waals surface area (Å²) in [5, 5.41) is 14.7. The van der Waals surface area contributed by atoms with Crippen LogP contribution in [0.3, 0.4) is 0 Å². The largest absolute Gasteiger partial charge is 0.377 e. The third kappa shape index (κ3) is 6.88. The Morgan fingerprint density at radius 2 is 1.55 bits per heavy atom. The summed E-state index contributed by atoms with van der Waals surface area (Å²) in [5.74, 6) is 2.70. The first-order valence-electron chi connectivity index (χ1n) is 12.5. The normalized spacial score (nSPS) is 40.0. The van der Waals surface area contributed by atoms with Crippen LogP contribution in [-0.4, -0.2) is 75.8 Å². The Morgan fingerprint density at radius 3 is 2.24 bits per heavy atom. The minimum atomic E-state index is 0.295. The van der Waals surface area contributed by atoms with Gasteiger partial charge in [-0.25, -0.2) is 0 Å². The van der Waals surface area contributed by atoms with E-state index in [-0.39, 0.29) is 0 Å². The van der Waals surface area contributed by atoms with Crippen molar-refractivity contribution in [3.8, 4) is 0 Å². The highest BCUT2D eigenvalue weighted by Gasteiger charge is 2.31. The van der Waals surface area contributed by atoms with E-state index < -0.39 is 0 Å². The minimum absolute atomic E-state index is 0.295. The standard InChI is InChI=1S/C23H45N5O/c1-18-2-4-19(5-3-18)20-16-25-23(26-17-20)27-21-6-8-22(9-7-21)29-15-14-28-12-10-24-11-13-28/h18-27H,2-17H2,1H3. The molecule has 0 radical (unpaired) electrons. The lowest BCUT2D eigenvalue weighted by atomic mass is 9.76. The van der Waals surface area contributed by atoms with Crippen LogP contribution in [0.4, 0.5) is 0 Å². The first-order valence-corrected chi connectivity index (χ1v) is 12.5. The van der Waals surface area contributed by atoms with Gasteiger partial charge in [-0.05, 0) is 56.3 Å². The molecule has 0 amide bonds. The predicted molar refractivity (Wildman–Crippen MR) is 119 cm³/mol. The molecular formula is C23H45N5O. The molecule has 2 aliphatic heterocycles.